The molecule has 1 saturated heterocycles. The van der Waals surface area contributed by atoms with Crippen LogP contribution in [0.2, 0.25) is 5.02 Å². The lowest BCUT2D eigenvalue weighted by Crippen LogP contribution is -2.39. The van der Waals surface area contributed by atoms with Gasteiger partial charge in [-0.15, -0.1) is 0 Å². The van der Waals surface area contributed by atoms with E-state index in [9.17, 15) is 13.5 Å². The first kappa shape index (κ1) is 21.1. The van der Waals surface area contributed by atoms with Gasteiger partial charge in [-0.2, -0.15) is 0 Å². The molecule has 2 aromatic rings. The zero-order chi connectivity index (χ0) is 20.1. The number of piperidine rings is 1. The van der Waals surface area contributed by atoms with Crippen LogP contribution >= 0.6 is 11.6 Å². The summed E-state index contributed by atoms with van der Waals surface area (Å²) in [6.07, 6.45) is 2.76. The number of ether oxygens (including phenoxy) is 1. The molecule has 1 unspecified atom stereocenters. The zero-order valence-electron chi connectivity index (χ0n) is 15.9. The number of nitrogens with zero attached hydrogens (tertiary/aromatic N) is 1. The fourth-order valence-corrected chi connectivity index (χ4v) is 4.34. The quantitative estimate of drug-likeness (QED) is 0.737. The summed E-state index contributed by atoms with van der Waals surface area (Å²) >= 11 is 6.01. The predicted molar refractivity (Wildman–Crippen MR) is 111 cm³/mol. The van der Waals surface area contributed by atoms with E-state index < -0.39 is 15.9 Å². The maximum atomic E-state index is 11.5. The lowest BCUT2D eigenvalue weighted by atomic mass is 9.98. The molecule has 1 fully saturated rings. The Kier molecular flexibility index (Phi) is 6.99. The van der Waals surface area contributed by atoms with Crippen LogP contribution in [0.25, 0.3) is 0 Å². The number of likely N-dealkylation sites (tertiary alicyclic amines) is 1. The van der Waals surface area contributed by atoms with Crippen LogP contribution in [-0.4, -0.2) is 50.9 Å². The molecule has 2 atom stereocenters. The van der Waals surface area contributed by atoms with E-state index in [0.29, 0.717) is 34.7 Å². The molecule has 0 bridgehead atoms. The summed E-state index contributed by atoms with van der Waals surface area (Å²) in [5.41, 5.74) is 0.830. The van der Waals surface area contributed by atoms with Crippen molar-refractivity contribution >= 4 is 21.4 Å². The highest BCUT2D eigenvalue weighted by Crippen LogP contribution is 2.23. The van der Waals surface area contributed by atoms with Gasteiger partial charge >= 0.3 is 0 Å². The smallest absolute Gasteiger partial charge is 0.175 e. The van der Waals surface area contributed by atoms with Crippen LogP contribution in [-0.2, 0) is 9.84 Å². The van der Waals surface area contributed by atoms with Gasteiger partial charge in [0.05, 0.1) is 17.6 Å². The number of benzene rings is 2. The largest absolute Gasteiger partial charge is 0.493 e. The zero-order valence-corrected chi connectivity index (χ0v) is 17.5. The minimum absolute atomic E-state index is 0.290. The van der Waals surface area contributed by atoms with Gasteiger partial charge in [0, 0.05) is 30.3 Å². The number of β-amino-alcohol motifs (C(OH)–C–C–N with tert-alkyl or cyclic N) is 1. The average Bonchev–Trinajstić information content (AvgIpc) is 2.66. The van der Waals surface area contributed by atoms with Crippen molar-refractivity contribution < 1.29 is 18.3 Å². The lowest BCUT2D eigenvalue weighted by molar-refractivity contribution is 0.0714. The van der Waals surface area contributed by atoms with Crippen molar-refractivity contribution in [1.29, 1.82) is 0 Å². The number of hydrogen-bond donors (Lipinski definition) is 1. The first-order valence-electron chi connectivity index (χ1n) is 9.40. The summed E-state index contributed by atoms with van der Waals surface area (Å²) in [4.78, 5) is 2.55. The van der Waals surface area contributed by atoms with E-state index in [2.05, 4.69) is 4.90 Å². The number of rotatable bonds is 7. The summed E-state index contributed by atoms with van der Waals surface area (Å²) in [5, 5.41) is 11.1. The molecule has 0 aromatic heterocycles. The van der Waals surface area contributed by atoms with E-state index in [-0.39, 0.29) is 0 Å². The van der Waals surface area contributed by atoms with Gasteiger partial charge in [0.15, 0.2) is 9.84 Å². The van der Waals surface area contributed by atoms with Crippen molar-refractivity contribution in [3.05, 3.63) is 59.1 Å². The Hall–Kier alpha value is -1.60. The topological polar surface area (TPSA) is 66.8 Å². The van der Waals surface area contributed by atoms with E-state index in [4.69, 9.17) is 16.3 Å². The SMILES string of the molecule is CS(=O)(=O)c1ccc(OCC2CCCN(C[C@H](O)c3cccc(Cl)c3)C2)cc1. The van der Waals surface area contributed by atoms with Crippen LogP contribution in [0.5, 0.6) is 5.75 Å². The molecule has 28 heavy (non-hydrogen) atoms. The van der Waals surface area contributed by atoms with Gasteiger partial charge in [0.2, 0.25) is 0 Å². The van der Waals surface area contributed by atoms with E-state index in [1.54, 1.807) is 36.4 Å². The second kappa shape index (κ2) is 9.27. The standard InChI is InChI=1S/C21H26ClNO4S/c1-28(25,26)20-9-7-19(8-10-20)27-15-16-4-3-11-23(13-16)14-21(24)17-5-2-6-18(22)12-17/h2,5-10,12,16,21,24H,3-4,11,13-15H2,1H3/t16?,21-/m0/s1. The Bertz CT molecular complexity index is 886. The van der Waals surface area contributed by atoms with Crippen molar-refractivity contribution in [2.75, 3.05) is 32.5 Å². The second-order valence-electron chi connectivity index (χ2n) is 7.39. The Balaban J connectivity index is 1.51. The first-order chi connectivity index (χ1) is 13.3. The highest BCUT2D eigenvalue weighted by Gasteiger charge is 2.23. The minimum atomic E-state index is -3.19. The van der Waals surface area contributed by atoms with Crippen LogP contribution in [0.1, 0.15) is 24.5 Å². The third kappa shape index (κ3) is 5.95. The van der Waals surface area contributed by atoms with Crippen molar-refractivity contribution in [2.24, 2.45) is 5.92 Å². The molecule has 152 valence electrons. The third-order valence-electron chi connectivity index (χ3n) is 5.01. The summed E-state index contributed by atoms with van der Waals surface area (Å²) in [6.45, 7) is 2.96. The fraction of sp³-hybridized carbons (Fsp3) is 0.429. The monoisotopic (exact) mass is 423 g/mol. The molecule has 0 saturated carbocycles. The van der Waals surface area contributed by atoms with Crippen molar-refractivity contribution in [2.45, 2.75) is 23.8 Å². The van der Waals surface area contributed by atoms with Crippen molar-refractivity contribution in [3.8, 4) is 5.75 Å². The summed E-state index contributed by atoms with van der Waals surface area (Å²) in [7, 11) is -3.19. The van der Waals surface area contributed by atoms with Crippen LogP contribution < -0.4 is 4.74 Å². The van der Waals surface area contributed by atoms with Gasteiger partial charge in [0.1, 0.15) is 5.75 Å². The number of sulfone groups is 1. The molecule has 7 heteroatoms. The maximum absolute atomic E-state index is 11.5. The van der Waals surface area contributed by atoms with Crippen LogP contribution in [0.15, 0.2) is 53.4 Å². The first-order valence-corrected chi connectivity index (χ1v) is 11.7. The van der Waals surface area contributed by atoms with Crippen molar-refractivity contribution in [1.82, 2.24) is 4.90 Å². The molecule has 0 amide bonds. The van der Waals surface area contributed by atoms with Gasteiger partial charge in [-0.3, -0.25) is 0 Å². The lowest BCUT2D eigenvalue weighted by Gasteiger charge is -2.33. The highest BCUT2D eigenvalue weighted by molar-refractivity contribution is 7.90. The van der Waals surface area contributed by atoms with Crippen LogP contribution in [0, 0.1) is 5.92 Å². The number of hydrogen-bond acceptors (Lipinski definition) is 5. The molecular weight excluding hydrogens is 398 g/mol. The highest BCUT2D eigenvalue weighted by atomic mass is 35.5. The molecule has 2 aromatic carbocycles. The van der Waals surface area contributed by atoms with E-state index >= 15 is 0 Å². The maximum Gasteiger partial charge on any atom is 0.175 e. The molecule has 5 nitrogen and oxygen atoms in total. The van der Waals surface area contributed by atoms with E-state index in [0.717, 1.165) is 31.5 Å². The summed E-state index contributed by atoms with van der Waals surface area (Å²) in [6, 6.07) is 13.9. The molecule has 0 radical (unpaired) electrons. The van der Waals surface area contributed by atoms with Crippen LogP contribution in [0.3, 0.4) is 0 Å². The van der Waals surface area contributed by atoms with Crippen molar-refractivity contribution in [3.63, 3.8) is 0 Å². The average molecular weight is 424 g/mol. The van der Waals surface area contributed by atoms with Gasteiger partial charge in [-0.1, -0.05) is 23.7 Å². The Morgan fingerprint density at radius 3 is 2.68 bits per heavy atom. The molecule has 1 aliphatic rings. The van der Waals surface area contributed by atoms with Gasteiger partial charge in [0.25, 0.3) is 0 Å². The predicted octanol–water partition coefficient (Wildman–Crippen LogP) is 3.57. The molecule has 3 rings (SSSR count). The normalized spacial score (nSPS) is 19.3. The molecule has 1 heterocycles. The molecule has 1 aliphatic heterocycles. The minimum Gasteiger partial charge on any atom is -0.493 e. The van der Waals surface area contributed by atoms with E-state index in [1.165, 1.54) is 6.26 Å². The summed E-state index contributed by atoms with van der Waals surface area (Å²) < 4.78 is 28.9. The van der Waals surface area contributed by atoms with Gasteiger partial charge < -0.3 is 14.7 Å². The van der Waals surface area contributed by atoms with E-state index in [1.807, 2.05) is 12.1 Å². The Morgan fingerprint density at radius 1 is 1.25 bits per heavy atom. The molecule has 1 N–H and O–H groups in total. The number of halogens is 1. The molecular formula is C21H26ClNO4S. The molecule has 0 aliphatic carbocycles. The van der Waals surface area contributed by atoms with Crippen LogP contribution in [0.4, 0.5) is 0 Å². The second-order valence-corrected chi connectivity index (χ2v) is 9.85. The Labute approximate surface area is 171 Å². The third-order valence-corrected chi connectivity index (χ3v) is 6.37. The fourth-order valence-electron chi connectivity index (χ4n) is 3.51. The Morgan fingerprint density at radius 2 is 2.00 bits per heavy atom. The molecule has 0 spiro atoms. The number of aliphatic hydroxyl groups is 1. The van der Waals surface area contributed by atoms with Gasteiger partial charge in [-0.25, -0.2) is 8.42 Å². The van der Waals surface area contributed by atoms with Gasteiger partial charge in [-0.05, 0) is 61.3 Å². The number of aliphatic hydroxyl groups excluding tert-OH is 1. The summed E-state index contributed by atoms with van der Waals surface area (Å²) in [5.74, 6) is 1.04.